The van der Waals surface area contributed by atoms with Crippen LogP contribution >= 0.6 is 11.8 Å². The van der Waals surface area contributed by atoms with Crippen molar-refractivity contribution in [3.05, 3.63) is 65.2 Å². The Labute approximate surface area is 205 Å². The molecule has 0 bridgehead atoms. The molecule has 3 aliphatic rings. The summed E-state index contributed by atoms with van der Waals surface area (Å²) in [6, 6.07) is 15.9. The average Bonchev–Trinajstić information content (AvgIpc) is 3.37. The van der Waals surface area contributed by atoms with E-state index in [1.165, 1.54) is 20.9 Å². The molecule has 34 heavy (non-hydrogen) atoms. The van der Waals surface area contributed by atoms with Gasteiger partial charge in [-0.1, -0.05) is 36.4 Å². The first-order chi connectivity index (χ1) is 16.4. The molecule has 2 saturated heterocycles. The number of nitrogens with zero attached hydrogens (tertiary/aromatic N) is 2. The Hall–Kier alpha value is -2.80. The first kappa shape index (κ1) is 23.0. The number of rotatable bonds is 5. The molecule has 0 radical (unpaired) electrons. The molecule has 178 valence electrons. The van der Waals surface area contributed by atoms with Gasteiger partial charge in [0, 0.05) is 24.0 Å². The maximum atomic E-state index is 13.5. The van der Waals surface area contributed by atoms with E-state index in [2.05, 4.69) is 17.4 Å². The number of amides is 4. The van der Waals surface area contributed by atoms with Crippen molar-refractivity contribution in [2.75, 3.05) is 19.3 Å². The third kappa shape index (κ3) is 4.11. The van der Waals surface area contributed by atoms with Crippen LogP contribution < -0.4 is 5.32 Å². The molecule has 5 rings (SSSR count). The fraction of sp³-hybridized carbons (Fsp3) is 0.444. The van der Waals surface area contributed by atoms with E-state index in [1.807, 2.05) is 54.5 Å². The second-order valence-electron chi connectivity index (χ2n) is 9.82. The van der Waals surface area contributed by atoms with Crippen molar-refractivity contribution in [2.24, 2.45) is 5.92 Å². The summed E-state index contributed by atoms with van der Waals surface area (Å²) in [4.78, 5) is 43.9. The molecule has 6 nitrogen and oxygen atoms in total. The van der Waals surface area contributed by atoms with Crippen molar-refractivity contribution < 1.29 is 14.4 Å². The molecular weight excluding hydrogens is 446 g/mol. The Morgan fingerprint density at radius 2 is 1.65 bits per heavy atom. The van der Waals surface area contributed by atoms with E-state index in [-0.39, 0.29) is 29.8 Å². The van der Waals surface area contributed by atoms with Gasteiger partial charge >= 0.3 is 6.03 Å². The SMILES string of the molecule is CSc1ccc(CC(=O)N2CCC([C@]3(C)NC(=O)N(C4Cc5ccccc5C4)C3=O)CC2)cc1. The van der Waals surface area contributed by atoms with E-state index in [1.54, 1.807) is 11.8 Å². The zero-order valence-electron chi connectivity index (χ0n) is 19.8. The minimum Gasteiger partial charge on any atom is -0.342 e. The molecule has 1 atom stereocenters. The van der Waals surface area contributed by atoms with E-state index in [9.17, 15) is 14.4 Å². The number of piperidine rings is 1. The number of hydrogen-bond donors (Lipinski definition) is 1. The van der Waals surface area contributed by atoms with Crippen LogP contribution in [0.5, 0.6) is 0 Å². The molecule has 2 heterocycles. The maximum Gasteiger partial charge on any atom is 0.325 e. The number of benzene rings is 2. The standard InChI is InChI=1S/C27H31N3O3S/c1-27(25(32)30(26(33)28-27)22-16-19-5-3-4-6-20(19)17-22)21-11-13-29(14-12-21)24(31)15-18-7-9-23(34-2)10-8-18/h3-10,21-22H,11-17H2,1-2H3,(H,28,33)/t27-/m0/s1. The topological polar surface area (TPSA) is 69.7 Å². The van der Waals surface area contributed by atoms with Crippen LogP contribution in [0.2, 0.25) is 0 Å². The molecule has 1 N–H and O–H groups in total. The van der Waals surface area contributed by atoms with E-state index in [4.69, 9.17) is 0 Å². The normalized spacial score (nSPS) is 23.4. The Kier molecular flexibility index (Phi) is 6.15. The van der Waals surface area contributed by atoms with Gasteiger partial charge in [0.25, 0.3) is 5.91 Å². The number of carbonyl (C=O) groups is 3. The average molecular weight is 478 g/mol. The molecule has 0 spiro atoms. The lowest BCUT2D eigenvalue weighted by atomic mass is 9.78. The number of likely N-dealkylation sites (tertiary alicyclic amines) is 1. The minimum absolute atomic E-state index is 0.0163. The van der Waals surface area contributed by atoms with Gasteiger partial charge < -0.3 is 10.2 Å². The van der Waals surface area contributed by atoms with Gasteiger partial charge in [0.1, 0.15) is 5.54 Å². The molecule has 0 aromatic heterocycles. The summed E-state index contributed by atoms with van der Waals surface area (Å²) in [7, 11) is 0. The predicted molar refractivity (Wildman–Crippen MR) is 133 cm³/mol. The quantitative estimate of drug-likeness (QED) is 0.527. The predicted octanol–water partition coefficient (Wildman–Crippen LogP) is 3.67. The molecular formula is C27H31N3O3S. The number of nitrogens with one attached hydrogen (secondary N) is 1. The number of carbonyl (C=O) groups excluding carboxylic acids is 3. The summed E-state index contributed by atoms with van der Waals surface area (Å²) in [5.74, 6) is 0.0178. The van der Waals surface area contributed by atoms with E-state index >= 15 is 0 Å². The Balaban J connectivity index is 1.20. The summed E-state index contributed by atoms with van der Waals surface area (Å²) in [6.07, 6.45) is 5.28. The van der Waals surface area contributed by atoms with Crippen molar-refractivity contribution in [3.63, 3.8) is 0 Å². The van der Waals surface area contributed by atoms with Crippen LogP contribution in [0.1, 0.15) is 36.5 Å². The first-order valence-electron chi connectivity index (χ1n) is 12.0. The third-order valence-corrected chi connectivity index (χ3v) is 8.57. The number of imide groups is 1. The minimum atomic E-state index is -0.908. The highest BCUT2D eigenvalue weighted by atomic mass is 32.2. The largest absolute Gasteiger partial charge is 0.342 e. The zero-order valence-corrected chi connectivity index (χ0v) is 20.6. The van der Waals surface area contributed by atoms with Crippen molar-refractivity contribution in [1.82, 2.24) is 15.1 Å². The Bertz CT molecular complexity index is 1090. The smallest absolute Gasteiger partial charge is 0.325 e. The maximum absolute atomic E-state index is 13.5. The molecule has 0 saturated carbocycles. The Morgan fingerprint density at radius 3 is 2.24 bits per heavy atom. The zero-order chi connectivity index (χ0) is 23.9. The van der Waals surface area contributed by atoms with E-state index < -0.39 is 5.54 Å². The molecule has 1 aliphatic carbocycles. The lowest BCUT2D eigenvalue weighted by Gasteiger charge is -2.39. The second kappa shape index (κ2) is 9.10. The van der Waals surface area contributed by atoms with Gasteiger partial charge in [-0.25, -0.2) is 4.79 Å². The molecule has 2 aromatic rings. The monoisotopic (exact) mass is 477 g/mol. The van der Waals surface area contributed by atoms with Gasteiger partial charge in [0.2, 0.25) is 5.91 Å². The molecule has 2 aliphatic heterocycles. The number of fused-ring (bicyclic) bond motifs is 1. The van der Waals surface area contributed by atoms with Gasteiger partial charge in [0.05, 0.1) is 6.42 Å². The van der Waals surface area contributed by atoms with Gasteiger partial charge in [-0.3, -0.25) is 14.5 Å². The van der Waals surface area contributed by atoms with E-state index in [0.29, 0.717) is 32.4 Å². The van der Waals surface area contributed by atoms with Gasteiger partial charge in [0.15, 0.2) is 0 Å². The third-order valence-electron chi connectivity index (χ3n) is 7.82. The van der Waals surface area contributed by atoms with Crippen LogP contribution in [0.4, 0.5) is 4.79 Å². The van der Waals surface area contributed by atoms with Crippen LogP contribution in [0.15, 0.2) is 53.4 Å². The fourth-order valence-electron chi connectivity index (χ4n) is 5.74. The number of hydrogen-bond acceptors (Lipinski definition) is 4. The van der Waals surface area contributed by atoms with Crippen molar-refractivity contribution in [1.29, 1.82) is 0 Å². The number of urea groups is 1. The molecule has 4 amide bonds. The molecule has 2 aromatic carbocycles. The highest BCUT2D eigenvalue weighted by Gasteiger charge is 2.55. The van der Waals surface area contributed by atoms with Gasteiger partial charge in [-0.05, 0) is 73.6 Å². The van der Waals surface area contributed by atoms with Crippen LogP contribution in [0.25, 0.3) is 0 Å². The van der Waals surface area contributed by atoms with Crippen molar-refractivity contribution in [3.8, 4) is 0 Å². The van der Waals surface area contributed by atoms with Crippen LogP contribution in [-0.2, 0) is 28.9 Å². The summed E-state index contributed by atoms with van der Waals surface area (Å²) in [5.41, 5.74) is 2.55. The van der Waals surface area contributed by atoms with Crippen LogP contribution in [-0.4, -0.2) is 58.6 Å². The second-order valence-corrected chi connectivity index (χ2v) is 10.7. The summed E-state index contributed by atoms with van der Waals surface area (Å²) < 4.78 is 0. The lowest BCUT2D eigenvalue weighted by Crippen LogP contribution is -2.55. The van der Waals surface area contributed by atoms with E-state index in [0.717, 1.165) is 18.4 Å². The highest BCUT2D eigenvalue weighted by Crippen LogP contribution is 2.36. The molecule has 0 unspecified atom stereocenters. The highest BCUT2D eigenvalue weighted by molar-refractivity contribution is 7.98. The van der Waals surface area contributed by atoms with Gasteiger partial charge in [-0.15, -0.1) is 11.8 Å². The van der Waals surface area contributed by atoms with Crippen LogP contribution in [0.3, 0.4) is 0 Å². The first-order valence-corrected chi connectivity index (χ1v) is 13.2. The lowest BCUT2D eigenvalue weighted by molar-refractivity contribution is -0.136. The van der Waals surface area contributed by atoms with Crippen LogP contribution in [0, 0.1) is 5.92 Å². The number of thioether (sulfide) groups is 1. The summed E-state index contributed by atoms with van der Waals surface area (Å²) in [6.45, 7) is 3.09. The van der Waals surface area contributed by atoms with Crippen molar-refractivity contribution in [2.45, 2.75) is 55.5 Å². The molecule has 2 fully saturated rings. The Morgan fingerprint density at radius 1 is 1.03 bits per heavy atom. The molecule has 7 heteroatoms. The van der Waals surface area contributed by atoms with Crippen molar-refractivity contribution >= 4 is 29.6 Å². The fourth-order valence-corrected chi connectivity index (χ4v) is 6.15. The summed E-state index contributed by atoms with van der Waals surface area (Å²) >= 11 is 1.69. The summed E-state index contributed by atoms with van der Waals surface area (Å²) in [5, 5.41) is 3.03. The van der Waals surface area contributed by atoms with Gasteiger partial charge in [-0.2, -0.15) is 0 Å².